The van der Waals surface area contributed by atoms with E-state index < -0.39 is 6.10 Å². The number of aliphatic hydroxyl groups excluding tert-OH is 1. The number of hydrogen-bond acceptors (Lipinski definition) is 3. The molecule has 0 aromatic heterocycles. The SMILES string of the molecule is C[C@H](NCCC(=O)c1ccccc1)[C@H](O)c1ccccc1.Cl. The molecule has 22 heavy (non-hydrogen) atoms. The summed E-state index contributed by atoms with van der Waals surface area (Å²) in [5.74, 6) is 0.115. The molecule has 0 saturated heterocycles. The van der Waals surface area contributed by atoms with Crippen molar-refractivity contribution in [2.45, 2.75) is 25.5 Å². The van der Waals surface area contributed by atoms with Gasteiger partial charge in [-0.25, -0.2) is 0 Å². The molecule has 2 rings (SSSR count). The molecule has 2 aromatic carbocycles. The monoisotopic (exact) mass is 319 g/mol. The average molecular weight is 320 g/mol. The van der Waals surface area contributed by atoms with E-state index in [0.29, 0.717) is 13.0 Å². The molecule has 2 aromatic rings. The van der Waals surface area contributed by atoms with Crippen LogP contribution in [0.2, 0.25) is 0 Å². The van der Waals surface area contributed by atoms with Crippen molar-refractivity contribution in [3.05, 3.63) is 71.8 Å². The lowest BCUT2D eigenvalue weighted by atomic mass is 10.0. The van der Waals surface area contributed by atoms with Crippen molar-refractivity contribution in [2.24, 2.45) is 0 Å². The van der Waals surface area contributed by atoms with Gasteiger partial charge in [-0.1, -0.05) is 60.7 Å². The Hall–Kier alpha value is -1.68. The van der Waals surface area contributed by atoms with Crippen LogP contribution in [0.1, 0.15) is 35.4 Å². The third-order valence-corrected chi connectivity index (χ3v) is 3.53. The highest BCUT2D eigenvalue weighted by atomic mass is 35.5. The maximum absolute atomic E-state index is 12.0. The van der Waals surface area contributed by atoms with Crippen LogP contribution in [0.25, 0.3) is 0 Å². The van der Waals surface area contributed by atoms with Crippen molar-refractivity contribution in [1.82, 2.24) is 5.32 Å². The first-order valence-electron chi connectivity index (χ1n) is 7.23. The summed E-state index contributed by atoms with van der Waals surface area (Å²) < 4.78 is 0. The van der Waals surface area contributed by atoms with Crippen molar-refractivity contribution in [2.75, 3.05) is 6.54 Å². The highest BCUT2D eigenvalue weighted by Crippen LogP contribution is 2.16. The first-order chi connectivity index (χ1) is 10.2. The number of halogens is 1. The van der Waals surface area contributed by atoms with E-state index >= 15 is 0 Å². The minimum Gasteiger partial charge on any atom is -0.387 e. The first-order valence-corrected chi connectivity index (χ1v) is 7.23. The van der Waals surface area contributed by atoms with Crippen LogP contribution >= 0.6 is 12.4 Å². The maximum Gasteiger partial charge on any atom is 0.164 e. The molecular formula is C18H22ClNO2. The van der Waals surface area contributed by atoms with E-state index in [9.17, 15) is 9.90 Å². The van der Waals surface area contributed by atoms with Gasteiger partial charge in [0.15, 0.2) is 5.78 Å². The maximum atomic E-state index is 12.0. The zero-order valence-corrected chi connectivity index (χ0v) is 13.4. The summed E-state index contributed by atoms with van der Waals surface area (Å²) in [5.41, 5.74) is 1.61. The molecule has 0 aliphatic rings. The van der Waals surface area contributed by atoms with Crippen LogP contribution in [0.3, 0.4) is 0 Å². The van der Waals surface area contributed by atoms with Crippen LogP contribution in [0.5, 0.6) is 0 Å². The van der Waals surface area contributed by atoms with Gasteiger partial charge in [0.05, 0.1) is 6.10 Å². The summed E-state index contributed by atoms with van der Waals surface area (Å²) >= 11 is 0. The third-order valence-electron chi connectivity index (χ3n) is 3.53. The van der Waals surface area contributed by atoms with Crippen LogP contribution in [0.4, 0.5) is 0 Å². The highest BCUT2D eigenvalue weighted by Gasteiger charge is 2.15. The summed E-state index contributed by atoms with van der Waals surface area (Å²) in [6.45, 7) is 2.48. The minimum absolute atomic E-state index is 0. The molecule has 0 bridgehead atoms. The second-order valence-corrected chi connectivity index (χ2v) is 5.14. The van der Waals surface area contributed by atoms with Crippen LogP contribution in [-0.4, -0.2) is 23.5 Å². The Morgan fingerprint density at radius 2 is 1.59 bits per heavy atom. The summed E-state index contributed by atoms with van der Waals surface area (Å²) in [6, 6.07) is 18.7. The van der Waals surface area contributed by atoms with Crippen molar-refractivity contribution in [1.29, 1.82) is 0 Å². The predicted octanol–water partition coefficient (Wildman–Crippen LogP) is 3.39. The zero-order chi connectivity index (χ0) is 15.1. The van der Waals surface area contributed by atoms with Gasteiger partial charge in [-0.05, 0) is 12.5 Å². The van der Waals surface area contributed by atoms with Gasteiger partial charge in [0, 0.05) is 24.6 Å². The van der Waals surface area contributed by atoms with Crippen molar-refractivity contribution < 1.29 is 9.90 Å². The summed E-state index contributed by atoms with van der Waals surface area (Å²) in [5, 5.41) is 13.4. The Kier molecular flexibility index (Phi) is 7.82. The number of hydrogen-bond donors (Lipinski definition) is 2. The second-order valence-electron chi connectivity index (χ2n) is 5.14. The largest absolute Gasteiger partial charge is 0.387 e. The highest BCUT2D eigenvalue weighted by molar-refractivity contribution is 5.96. The third kappa shape index (κ3) is 5.26. The average Bonchev–Trinajstić information content (AvgIpc) is 2.55. The molecule has 0 unspecified atom stereocenters. The molecule has 2 N–H and O–H groups in total. The molecule has 0 amide bonds. The van der Waals surface area contributed by atoms with Gasteiger partial charge < -0.3 is 10.4 Å². The van der Waals surface area contributed by atoms with Gasteiger partial charge in [0.25, 0.3) is 0 Å². The minimum atomic E-state index is -0.571. The Labute approximate surface area is 137 Å². The van der Waals surface area contributed by atoms with E-state index in [1.807, 2.05) is 67.6 Å². The van der Waals surface area contributed by atoms with E-state index in [-0.39, 0.29) is 24.2 Å². The fraction of sp³-hybridized carbons (Fsp3) is 0.278. The lowest BCUT2D eigenvalue weighted by Gasteiger charge is -2.20. The smallest absolute Gasteiger partial charge is 0.164 e. The van der Waals surface area contributed by atoms with Crippen LogP contribution in [-0.2, 0) is 0 Å². The molecule has 0 heterocycles. The lowest BCUT2D eigenvalue weighted by Crippen LogP contribution is -2.33. The van der Waals surface area contributed by atoms with E-state index in [0.717, 1.165) is 11.1 Å². The van der Waals surface area contributed by atoms with Gasteiger partial charge in [0.1, 0.15) is 0 Å². The summed E-state index contributed by atoms with van der Waals surface area (Å²) in [6.07, 6.45) is -0.145. The Morgan fingerprint density at radius 3 is 2.18 bits per heavy atom. The predicted molar refractivity (Wildman–Crippen MR) is 91.5 cm³/mol. The molecule has 4 heteroatoms. The van der Waals surface area contributed by atoms with Gasteiger partial charge in [-0.2, -0.15) is 0 Å². The fourth-order valence-electron chi connectivity index (χ4n) is 2.23. The van der Waals surface area contributed by atoms with E-state index in [4.69, 9.17) is 0 Å². The lowest BCUT2D eigenvalue weighted by molar-refractivity contribution is 0.0972. The number of ketones is 1. The molecular weight excluding hydrogens is 298 g/mol. The number of aliphatic hydroxyl groups is 1. The fourth-order valence-corrected chi connectivity index (χ4v) is 2.23. The molecule has 118 valence electrons. The Bertz CT molecular complexity index is 560. The van der Waals surface area contributed by atoms with Crippen LogP contribution in [0, 0.1) is 0 Å². The van der Waals surface area contributed by atoms with Crippen LogP contribution < -0.4 is 5.32 Å². The number of benzene rings is 2. The van der Waals surface area contributed by atoms with E-state index in [1.54, 1.807) is 0 Å². The quantitative estimate of drug-likeness (QED) is 0.769. The zero-order valence-electron chi connectivity index (χ0n) is 12.6. The topological polar surface area (TPSA) is 49.3 Å². The van der Waals surface area contributed by atoms with Gasteiger partial charge in [0.2, 0.25) is 0 Å². The number of nitrogens with one attached hydrogen (secondary N) is 1. The molecule has 2 atom stereocenters. The molecule has 3 nitrogen and oxygen atoms in total. The molecule has 0 radical (unpaired) electrons. The number of Topliss-reactive ketones (excluding diaryl/α,β-unsaturated/α-hetero) is 1. The number of rotatable bonds is 7. The number of carbonyl (C=O) groups is 1. The molecule has 0 saturated carbocycles. The van der Waals surface area contributed by atoms with E-state index in [2.05, 4.69) is 5.32 Å². The summed E-state index contributed by atoms with van der Waals surface area (Å²) in [7, 11) is 0. The molecule has 0 fully saturated rings. The van der Waals surface area contributed by atoms with Gasteiger partial charge in [-0.3, -0.25) is 4.79 Å². The summed E-state index contributed by atoms with van der Waals surface area (Å²) in [4.78, 5) is 12.0. The van der Waals surface area contributed by atoms with Gasteiger partial charge in [-0.15, -0.1) is 12.4 Å². The molecule has 0 aliphatic heterocycles. The van der Waals surface area contributed by atoms with Crippen molar-refractivity contribution >= 4 is 18.2 Å². The molecule has 0 aliphatic carbocycles. The Balaban J connectivity index is 0.00000242. The van der Waals surface area contributed by atoms with E-state index in [1.165, 1.54) is 0 Å². The normalized spacial score (nSPS) is 13.0. The number of carbonyl (C=O) groups excluding carboxylic acids is 1. The first kappa shape index (κ1) is 18.4. The second kappa shape index (κ2) is 9.36. The molecule has 0 spiro atoms. The van der Waals surface area contributed by atoms with Crippen molar-refractivity contribution in [3.8, 4) is 0 Å². The van der Waals surface area contributed by atoms with Crippen molar-refractivity contribution in [3.63, 3.8) is 0 Å². The van der Waals surface area contributed by atoms with Gasteiger partial charge >= 0.3 is 0 Å². The Morgan fingerprint density at radius 1 is 1.05 bits per heavy atom. The van der Waals surface area contributed by atoms with Crippen LogP contribution in [0.15, 0.2) is 60.7 Å². The standard InChI is InChI=1S/C18H21NO2.ClH/c1-14(18(21)16-10-6-3-7-11-16)19-13-12-17(20)15-8-4-2-5-9-15;/h2-11,14,18-19,21H,12-13H2,1H3;1H/t14-,18-;/m0./s1.